The second-order valence-electron chi connectivity index (χ2n) is 4.93. The number of carboxylic acids is 1. The molecule has 2 heterocycles. The zero-order chi connectivity index (χ0) is 16.4. The van der Waals surface area contributed by atoms with Crippen LogP contribution < -0.4 is 10.4 Å². The Balaban J connectivity index is 2.45. The van der Waals surface area contributed by atoms with Crippen molar-refractivity contribution in [2.45, 2.75) is 6.42 Å². The van der Waals surface area contributed by atoms with Crippen molar-refractivity contribution in [2.75, 3.05) is 39.0 Å². The standard InChI is InChI=1S/C13H17N3O6/c1-14-7-15(4-3-5-22-2)12(19)9-11(18)10(17)8(13(20)21)6-16(9)14/h6,18H,3-5,7H2,1-2H3,(H,20,21). The Labute approximate surface area is 125 Å². The van der Waals surface area contributed by atoms with Crippen LogP contribution >= 0.6 is 0 Å². The first kappa shape index (κ1) is 15.8. The zero-order valence-electron chi connectivity index (χ0n) is 12.3. The summed E-state index contributed by atoms with van der Waals surface area (Å²) in [6.07, 6.45) is 1.65. The van der Waals surface area contributed by atoms with E-state index in [1.54, 1.807) is 14.2 Å². The molecule has 1 aromatic heterocycles. The van der Waals surface area contributed by atoms with Crippen molar-refractivity contribution in [3.05, 3.63) is 27.7 Å². The third-order valence-electron chi connectivity index (χ3n) is 3.40. The summed E-state index contributed by atoms with van der Waals surface area (Å²) in [5.74, 6) is -2.84. The van der Waals surface area contributed by atoms with Crippen molar-refractivity contribution < 1.29 is 24.5 Å². The highest BCUT2D eigenvalue weighted by Gasteiger charge is 2.32. The number of aromatic carboxylic acids is 1. The highest BCUT2D eigenvalue weighted by atomic mass is 16.5. The summed E-state index contributed by atoms with van der Waals surface area (Å²) in [7, 11) is 3.17. The molecule has 1 aromatic rings. The number of rotatable bonds is 5. The van der Waals surface area contributed by atoms with E-state index in [0.717, 1.165) is 6.20 Å². The Morgan fingerprint density at radius 1 is 1.41 bits per heavy atom. The number of aromatic hydroxyl groups is 1. The molecule has 0 spiro atoms. The van der Waals surface area contributed by atoms with Crippen LogP contribution in [0.3, 0.4) is 0 Å². The van der Waals surface area contributed by atoms with Gasteiger partial charge in [-0.1, -0.05) is 0 Å². The SMILES string of the molecule is COCCCN1CN(C)n2cc(C(=O)O)c(=O)c(O)c2C1=O. The minimum atomic E-state index is -1.46. The average molecular weight is 311 g/mol. The molecule has 1 amide bonds. The Bertz CT molecular complexity index is 668. The average Bonchev–Trinajstić information content (AvgIpc) is 2.46. The summed E-state index contributed by atoms with van der Waals surface area (Å²) in [4.78, 5) is 36.7. The number of carboxylic acid groups (broad SMARTS) is 1. The third-order valence-corrected chi connectivity index (χ3v) is 3.40. The third kappa shape index (κ3) is 2.62. The van der Waals surface area contributed by atoms with Gasteiger partial charge >= 0.3 is 5.97 Å². The number of carbonyl (C=O) groups excluding carboxylic acids is 1. The van der Waals surface area contributed by atoms with Crippen molar-refractivity contribution in [3.63, 3.8) is 0 Å². The van der Waals surface area contributed by atoms with Crippen LogP contribution in [0.1, 0.15) is 27.3 Å². The van der Waals surface area contributed by atoms with Gasteiger partial charge in [0.25, 0.3) is 5.91 Å². The Kier molecular flexibility index (Phi) is 4.36. The number of fused-ring (bicyclic) bond motifs is 1. The molecule has 0 bridgehead atoms. The maximum atomic E-state index is 12.4. The van der Waals surface area contributed by atoms with Crippen LogP contribution in [-0.4, -0.2) is 65.6 Å². The van der Waals surface area contributed by atoms with Gasteiger partial charge in [0, 0.05) is 33.5 Å². The molecule has 2 N–H and O–H groups in total. The van der Waals surface area contributed by atoms with Crippen LogP contribution in [0.15, 0.2) is 11.0 Å². The van der Waals surface area contributed by atoms with E-state index in [4.69, 9.17) is 9.84 Å². The summed E-state index contributed by atoms with van der Waals surface area (Å²) >= 11 is 0. The molecule has 0 atom stereocenters. The molecular weight excluding hydrogens is 294 g/mol. The molecule has 0 saturated carbocycles. The molecule has 0 aliphatic carbocycles. The van der Waals surface area contributed by atoms with E-state index in [-0.39, 0.29) is 12.4 Å². The van der Waals surface area contributed by atoms with Crippen molar-refractivity contribution in [2.24, 2.45) is 0 Å². The van der Waals surface area contributed by atoms with Crippen molar-refractivity contribution in [1.82, 2.24) is 9.58 Å². The molecule has 22 heavy (non-hydrogen) atoms. The predicted octanol–water partition coefficient (Wildman–Crippen LogP) is -0.730. The number of carbonyl (C=O) groups is 2. The van der Waals surface area contributed by atoms with Crippen LogP contribution in [0.25, 0.3) is 0 Å². The topological polar surface area (TPSA) is 112 Å². The fraction of sp³-hybridized carbons (Fsp3) is 0.462. The summed E-state index contributed by atoms with van der Waals surface area (Å²) < 4.78 is 6.12. The summed E-state index contributed by atoms with van der Waals surface area (Å²) in [5.41, 5.74) is -1.89. The first-order chi connectivity index (χ1) is 10.4. The summed E-state index contributed by atoms with van der Waals surface area (Å²) in [6, 6.07) is 0. The van der Waals surface area contributed by atoms with E-state index in [1.807, 2.05) is 0 Å². The number of amides is 1. The molecule has 1 aliphatic heterocycles. The molecule has 0 aromatic carbocycles. The normalized spacial score (nSPS) is 14.2. The lowest BCUT2D eigenvalue weighted by atomic mass is 10.2. The molecule has 9 heteroatoms. The molecule has 0 saturated heterocycles. The Morgan fingerprint density at radius 2 is 2.09 bits per heavy atom. The van der Waals surface area contributed by atoms with Gasteiger partial charge in [-0.25, -0.2) is 4.79 Å². The molecule has 0 fully saturated rings. The minimum absolute atomic E-state index is 0.205. The van der Waals surface area contributed by atoms with Gasteiger partial charge in [0.15, 0.2) is 11.4 Å². The maximum Gasteiger partial charge on any atom is 0.341 e. The number of methoxy groups -OCH3 is 1. The second kappa shape index (κ2) is 6.06. The number of aromatic nitrogens is 1. The lowest BCUT2D eigenvalue weighted by Gasteiger charge is -2.37. The smallest absolute Gasteiger partial charge is 0.341 e. The maximum absolute atomic E-state index is 12.4. The largest absolute Gasteiger partial charge is 0.502 e. The van der Waals surface area contributed by atoms with E-state index in [0.29, 0.717) is 19.6 Å². The second-order valence-corrected chi connectivity index (χ2v) is 4.93. The summed E-state index contributed by atoms with van der Waals surface area (Å²) in [6.45, 7) is 1.08. The van der Waals surface area contributed by atoms with Gasteiger partial charge < -0.3 is 19.8 Å². The zero-order valence-corrected chi connectivity index (χ0v) is 12.3. The van der Waals surface area contributed by atoms with Crippen LogP contribution in [-0.2, 0) is 4.74 Å². The lowest BCUT2D eigenvalue weighted by Crippen LogP contribution is -2.53. The molecule has 120 valence electrons. The van der Waals surface area contributed by atoms with Crippen molar-refractivity contribution in [3.8, 4) is 5.75 Å². The van der Waals surface area contributed by atoms with Gasteiger partial charge in [-0.3, -0.25) is 19.3 Å². The summed E-state index contributed by atoms with van der Waals surface area (Å²) in [5, 5.41) is 20.5. The monoisotopic (exact) mass is 311 g/mol. The van der Waals surface area contributed by atoms with Gasteiger partial charge in [0.1, 0.15) is 12.2 Å². The van der Waals surface area contributed by atoms with E-state index in [9.17, 15) is 19.5 Å². The van der Waals surface area contributed by atoms with E-state index in [1.165, 1.54) is 14.6 Å². The number of nitrogens with zero attached hydrogens (tertiary/aromatic N) is 3. The van der Waals surface area contributed by atoms with E-state index < -0.39 is 28.6 Å². The minimum Gasteiger partial charge on any atom is -0.502 e. The van der Waals surface area contributed by atoms with Gasteiger partial charge in [0.2, 0.25) is 5.43 Å². The highest BCUT2D eigenvalue weighted by Crippen LogP contribution is 2.20. The predicted molar refractivity (Wildman–Crippen MR) is 75.9 cm³/mol. The molecule has 0 unspecified atom stereocenters. The highest BCUT2D eigenvalue weighted by molar-refractivity contribution is 5.97. The molecule has 2 rings (SSSR count). The van der Waals surface area contributed by atoms with Crippen LogP contribution in [0.2, 0.25) is 0 Å². The van der Waals surface area contributed by atoms with E-state index in [2.05, 4.69) is 0 Å². The van der Waals surface area contributed by atoms with Crippen molar-refractivity contribution >= 4 is 11.9 Å². The van der Waals surface area contributed by atoms with Crippen LogP contribution in [0.4, 0.5) is 0 Å². The number of pyridine rings is 1. The first-order valence-corrected chi connectivity index (χ1v) is 6.60. The molecule has 0 radical (unpaired) electrons. The van der Waals surface area contributed by atoms with Crippen molar-refractivity contribution in [1.29, 1.82) is 0 Å². The van der Waals surface area contributed by atoms with Gasteiger partial charge in [-0.05, 0) is 6.42 Å². The fourth-order valence-electron chi connectivity index (χ4n) is 2.31. The first-order valence-electron chi connectivity index (χ1n) is 6.60. The molecular formula is C13H17N3O6. The Hall–Kier alpha value is -2.55. The molecule has 9 nitrogen and oxygen atoms in total. The number of hydrogen-bond acceptors (Lipinski definition) is 6. The van der Waals surface area contributed by atoms with Crippen LogP contribution in [0.5, 0.6) is 5.75 Å². The van der Waals surface area contributed by atoms with Gasteiger partial charge in [-0.15, -0.1) is 0 Å². The Morgan fingerprint density at radius 3 is 2.68 bits per heavy atom. The van der Waals surface area contributed by atoms with Crippen LogP contribution in [0, 0.1) is 0 Å². The molecule has 1 aliphatic rings. The van der Waals surface area contributed by atoms with E-state index >= 15 is 0 Å². The van der Waals surface area contributed by atoms with Gasteiger partial charge in [0.05, 0.1) is 0 Å². The lowest BCUT2D eigenvalue weighted by molar-refractivity contribution is 0.0657. The number of hydrogen-bond donors (Lipinski definition) is 2. The quantitative estimate of drug-likeness (QED) is 0.689. The van der Waals surface area contributed by atoms with Gasteiger partial charge in [-0.2, -0.15) is 0 Å². The number of ether oxygens (including phenoxy) is 1. The fourth-order valence-corrected chi connectivity index (χ4v) is 2.31.